The third-order valence-electron chi connectivity index (χ3n) is 2.99. The van der Waals surface area contributed by atoms with E-state index in [2.05, 4.69) is 6.58 Å². The maximum Gasteiger partial charge on any atom is 0.420 e. The van der Waals surface area contributed by atoms with Crippen LogP contribution in [0.5, 0.6) is 0 Å². The van der Waals surface area contributed by atoms with E-state index < -0.39 is 23.8 Å². The molecule has 0 aromatic heterocycles. The van der Waals surface area contributed by atoms with Gasteiger partial charge in [-0.05, 0) is 26.7 Å². The Morgan fingerprint density at radius 2 is 1.90 bits per heavy atom. The lowest BCUT2D eigenvalue weighted by atomic mass is 9.98. The van der Waals surface area contributed by atoms with Gasteiger partial charge in [0.05, 0.1) is 6.04 Å². The minimum atomic E-state index is -0.764. The van der Waals surface area contributed by atoms with Crippen LogP contribution in [-0.2, 0) is 9.47 Å². The zero-order chi connectivity index (χ0) is 16.6. The molecule has 2 atom stereocenters. The number of hydrogen-bond donors (Lipinski definition) is 1. The molecule has 0 aliphatic heterocycles. The van der Waals surface area contributed by atoms with E-state index in [1.807, 2.05) is 13.8 Å². The van der Waals surface area contributed by atoms with Crippen molar-refractivity contribution in [1.29, 1.82) is 0 Å². The second kappa shape index (κ2) is 8.67. The highest BCUT2D eigenvalue weighted by Crippen LogP contribution is 2.19. The molecule has 0 unspecified atom stereocenters. The van der Waals surface area contributed by atoms with Crippen LogP contribution in [0.2, 0.25) is 0 Å². The molecule has 0 saturated heterocycles. The number of carbonyl (C=O) groups is 2. The summed E-state index contributed by atoms with van der Waals surface area (Å²) in [4.78, 5) is 25.4. The predicted octanol–water partition coefficient (Wildman–Crippen LogP) is 2.92. The molecule has 122 valence electrons. The number of nitrogens with zero attached hydrogens (tertiary/aromatic N) is 1. The van der Waals surface area contributed by atoms with Gasteiger partial charge in [-0.25, -0.2) is 14.5 Å². The smallest absolute Gasteiger partial charge is 0.420 e. The third-order valence-corrected chi connectivity index (χ3v) is 2.99. The molecule has 0 aliphatic carbocycles. The summed E-state index contributed by atoms with van der Waals surface area (Å²) in [7, 11) is 0. The molecule has 0 aromatic rings. The van der Waals surface area contributed by atoms with Crippen molar-refractivity contribution in [3.05, 3.63) is 12.7 Å². The van der Waals surface area contributed by atoms with Crippen LogP contribution in [0.15, 0.2) is 12.7 Å². The predicted molar refractivity (Wildman–Crippen MR) is 81.9 cm³/mol. The third kappa shape index (κ3) is 6.62. The average molecular weight is 300 g/mol. The molecule has 2 N–H and O–H groups in total. The monoisotopic (exact) mass is 300 g/mol. The first-order valence-corrected chi connectivity index (χ1v) is 7.17. The highest BCUT2D eigenvalue weighted by atomic mass is 16.6. The van der Waals surface area contributed by atoms with E-state index in [-0.39, 0.29) is 19.1 Å². The topological polar surface area (TPSA) is 81.9 Å². The molecule has 0 radical (unpaired) electrons. The molecule has 0 fully saturated rings. The zero-order valence-corrected chi connectivity index (χ0v) is 13.7. The second-order valence-corrected chi connectivity index (χ2v) is 5.90. The number of ether oxygens (including phenoxy) is 2. The van der Waals surface area contributed by atoms with Crippen molar-refractivity contribution in [1.82, 2.24) is 4.90 Å². The first-order valence-electron chi connectivity index (χ1n) is 7.17. The Morgan fingerprint density at radius 1 is 1.33 bits per heavy atom. The summed E-state index contributed by atoms with van der Waals surface area (Å²) < 4.78 is 10.3. The summed E-state index contributed by atoms with van der Waals surface area (Å²) in [5.41, 5.74) is 5.04. The summed E-state index contributed by atoms with van der Waals surface area (Å²) in [5.74, 6) is 0.0406. The van der Waals surface area contributed by atoms with Crippen LogP contribution in [0.1, 0.15) is 41.0 Å². The number of carbonyl (C=O) groups excluding carboxylic acids is 2. The maximum absolute atomic E-state index is 12.3. The number of nitrogens with two attached hydrogens (primary N) is 1. The molecule has 0 spiro atoms. The normalized spacial score (nSPS) is 14.0. The fourth-order valence-corrected chi connectivity index (χ4v) is 1.72. The van der Waals surface area contributed by atoms with E-state index in [4.69, 9.17) is 15.2 Å². The van der Waals surface area contributed by atoms with Crippen molar-refractivity contribution in [2.45, 2.75) is 52.7 Å². The summed E-state index contributed by atoms with van der Waals surface area (Å²) >= 11 is 0. The van der Waals surface area contributed by atoms with Crippen molar-refractivity contribution < 1.29 is 19.1 Å². The van der Waals surface area contributed by atoms with Crippen molar-refractivity contribution in [2.75, 3.05) is 13.2 Å². The van der Waals surface area contributed by atoms with Gasteiger partial charge >= 0.3 is 12.2 Å². The number of rotatable bonds is 6. The van der Waals surface area contributed by atoms with E-state index >= 15 is 0 Å². The molecular weight excluding hydrogens is 272 g/mol. The summed E-state index contributed by atoms with van der Waals surface area (Å²) in [5, 5.41) is 0. The van der Waals surface area contributed by atoms with Crippen molar-refractivity contribution >= 4 is 12.2 Å². The molecule has 0 aromatic carbocycles. The minimum absolute atomic E-state index is 0.0237. The Kier molecular flexibility index (Phi) is 8.02. The summed E-state index contributed by atoms with van der Waals surface area (Å²) in [6.07, 6.45) is 0.703. The lowest BCUT2D eigenvalue weighted by Crippen LogP contribution is -2.52. The van der Waals surface area contributed by atoms with Gasteiger partial charge in [0.2, 0.25) is 0 Å². The highest BCUT2D eigenvalue weighted by molar-refractivity contribution is 5.88. The quantitative estimate of drug-likeness (QED) is 0.763. The van der Waals surface area contributed by atoms with Gasteiger partial charge in [-0.1, -0.05) is 32.9 Å². The molecule has 2 amide bonds. The van der Waals surface area contributed by atoms with E-state index in [1.165, 1.54) is 6.08 Å². The molecule has 0 rings (SSSR count). The van der Waals surface area contributed by atoms with Crippen LogP contribution < -0.4 is 5.73 Å². The second-order valence-electron chi connectivity index (χ2n) is 5.90. The van der Waals surface area contributed by atoms with Crippen LogP contribution in [0.3, 0.4) is 0 Å². The standard InChI is InChI=1S/C15H28N2O4/c1-7-9-20-13(18)17(12(10-16)11(3)8-2)14(19)21-15(4,5)6/h7,11-12H,1,8-10,16H2,2-6H3/t11-,12+/m0/s1. The Bertz CT molecular complexity index is 363. The molecule has 6 heteroatoms. The molecular formula is C15H28N2O4. The summed E-state index contributed by atoms with van der Waals surface area (Å²) in [6.45, 7) is 12.7. The minimum Gasteiger partial charge on any atom is -0.445 e. The fraction of sp³-hybridized carbons (Fsp3) is 0.733. The van der Waals surface area contributed by atoms with Crippen molar-refractivity contribution in [2.24, 2.45) is 11.7 Å². The Morgan fingerprint density at radius 3 is 2.29 bits per heavy atom. The van der Waals surface area contributed by atoms with Gasteiger partial charge in [0.25, 0.3) is 0 Å². The Hall–Kier alpha value is -1.56. The fourth-order valence-electron chi connectivity index (χ4n) is 1.72. The maximum atomic E-state index is 12.3. The molecule has 6 nitrogen and oxygen atoms in total. The van der Waals surface area contributed by atoms with Gasteiger partial charge in [-0.2, -0.15) is 0 Å². The highest BCUT2D eigenvalue weighted by Gasteiger charge is 2.36. The van der Waals surface area contributed by atoms with E-state index in [0.29, 0.717) is 0 Å². The van der Waals surface area contributed by atoms with E-state index in [9.17, 15) is 9.59 Å². The molecule has 0 bridgehead atoms. The van der Waals surface area contributed by atoms with E-state index in [0.717, 1.165) is 11.3 Å². The lowest BCUT2D eigenvalue weighted by Gasteiger charge is -2.33. The lowest BCUT2D eigenvalue weighted by molar-refractivity contribution is 0.0101. The molecule has 21 heavy (non-hydrogen) atoms. The van der Waals surface area contributed by atoms with Crippen molar-refractivity contribution in [3.8, 4) is 0 Å². The first-order chi connectivity index (χ1) is 9.67. The Balaban J connectivity index is 5.28. The Labute approximate surface area is 127 Å². The molecule has 0 saturated carbocycles. The first kappa shape index (κ1) is 19.4. The number of imide groups is 1. The van der Waals surface area contributed by atoms with Gasteiger partial charge in [-0.3, -0.25) is 0 Å². The van der Waals surface area contributed by atoms with Crippen LogP contribution in [0, 0.1) is 5.92 Å². The summed E-state index contributed by atoms with van der Waals surface area (Å²) in [6, 6.07) is -0.470. The van der Waals surface area contributed by atoms with Gasteiger partial charge in [0.15, 0.2) is 0 Å². The van der Waals surface area contributed by atoms with Crippen molar-refractivity contribution in [3.63, 3.8) is 0 Å². The number of amides is 2. The van der Waals surface area contributed by atoms with Crippen LogP contribution in [-0.4, -0.2) is 41.9 Å². The zero-order valence-electron chi connectivity index (χ0n) is 13.7. The largest absolute Gasteiger partial charge is 0.445 e. The SMILES string of the molecule is C=CCOC(=O)N(C(=O)OC(C)(C)C)[C@H](CN)[C@@H](C)CC. The van der Waals surface area contributed by atoms with Crippen LogP contribution in [0.4, 0.5) is 9.59 Å². The van der Waals surface area contributed by atoms with Gasteiger partial charge in [-0.15, -0.1) is 0 Å². The van der Waals surface area contributed by atoms with Gasteiger partial charge in [0, 0.05) is 6.54 Å². The van der Waals surface area contributed by atoms with Crippen LogP contribution in [0.25, 0.3) is 0 Å². The molecule has 0 heterocycles. The van der Waals surface area contributed by atoms with Crippen LogP contribution >= 0.6 is 0 Å². The van der Waals surface area contributed by atoms with E-state index in [1.54, 1.807) is 20.8 Å². The van der Waals surface area contributed by atoms with Gasteiger partial charge in [0.1, 0.15) is 12.2 Å². The molecule has 0 aliphatic rings. The number of hydrogen-bond acceptors (Lipinski definition) is 5. The van der Waals surface area contributed by atoms with Gasteiger partial charge < -0.3 is 15.2 Å². The average Bonchev–Trinajstić information content (AvgIpc) is 2.38.